The van der Waals surface area contributed by atoms with Gasteiger partial charge in [-0.15, -0.1) is 0 Å². The summed E-state index contributed by atoms with van der Waals surface area (Å²) in [4.78, 5) is 21.3. The van der Waals surface area contributed by atoms with Crippen molar-refractivity contribution in [2.24, 2.45) is 11.8 Å². The third kappa shape index (κ3) is 2.68. The fourth-order valence-electron chi connectivity index (χ4n) is 3.96. The number of ether oxygens (including phenoxy) is 1. The first-order chi connectivity index (χ1) is 10.1. The summed E-state index contributed by atoms with van der Waals surface area (Å²) in [6, 6.07) is 0. The van der Waals surface area contributed by atoms with Crippen LogP contribution in [0.15, 0.2) is 6.20 Å². The fourth-order valence-corrected chi connectivity index (χ4v) is 3.96. The normalized spacial score (nSPS) is 27.3. The maximum atomic E-state index is 12.0. The van der Waals surface area contributed by atoms with Crippen molar-refractivity contribution < 1.29 is 9.53 Å². The first kappa shape index (κ1) is 14.5. The molecule has 21 heavy (non-hydrogen) atoms. The van der Waals surface area contributed by atoms with E-state index in [0.717, 1.165) is 23.4 Å². The number of carbonyl (C=O) groups is 1. The third-order valence-corrected chi connectivity index (χ3v) is 4.95. The largest absolute Gasteiger partial charge is 0.462 e. The molecular weight excluding hydrogens is 264 g/mol. The summed E-state index contributed by atoms with van der Waals surface area (Å²) in [5.41, 5.74) is 1.36. The lowest BCUT2D eigenvalue weighted by molar-refractivity contribution is 0.0523. The lowest BCUT2D eigenvalue weighted by Crippen LogP contribution is -2.17. The van der Waals surface area contributed by atoms with Crippen LogP contribution in [0, 0.1) is 11.8 Å². The van der Waals surface area contributed by atoms with Gasteiger partial charge in [0.05, 0.1) is 17.9 Å². The van der Waals surface area contributed by atoms with Gasteiger partial charge in [-0.05, 0) is 43.9 Å². The van der Waals surface area contributed by atoms with E-state index in [9.17, 15) is 4.79 Å². The molecule has 0 aromatic carbocycles. The van der Waals surface area contributed by atoms with Crippen LogP contribution in [-0.4, -0.2) is 22.5 Å². The van der Waals surface area contributed by atoms with Crippen LogP contribution in [0.3, 0.4) is 0 Å². The molecule has 0 aliphatic heterocycles. The standard InChI is InChI=1S/C17H24N2O2/c1-4-21-17(20)14-9-18-16(19-15(14)10(2)3)13-8-11-5-6-12(13)7-11/h9-13H,4-8H2,1-3H3. The molecule has 2 aliphatic rings. The lowest BCUT2D eigenvalue weighted by atomic mass is 9.88. The summed E-state index contributed by atoms with van der Waals surface area (Å²) in [7, 11) is 0. The number of hydrogen-bond donors (Lipinski definition) is 0. The van der Waals surface area contributed by atoms with Gasteiger partial charge in [0, 0.05) is 12.1 Å². The molecule has 1 heterocycles. The summed E-state index contributed by atoms with van der Waals surface area (Å²) in [5.74, 6) is 2.96. The van der Waals surface area contributed by atoms with E-state index in [1.807, 2.05) is 6.92 Å². The zero-order chi connectivity index (χ0) is 15.0. The molecule has 1 aromatic rings. The Morgan fingerprint density at radius 2 is 2.19 bits per heavy atom. The highest BCUT2D eigenvalue weighted by Gasteiger charge is 2.41. The van der Waals surface area contributed by atoms with E-state index >= 15 is 0 Å². The Balaban J connectivity index is 1.90. The summed E-state index contributed by atoms with van der Waals surface area (Å²) in [5, 5.41) is 0. The zero-order valence-electron chi connectivity index (χ0n) is 13.1. The van der Waals surface area contributed by atoms with E-state index < -0.39 is 0 Å². The second-order valence-corrected chi connectivity index (χ2v) is 6.68. The molecule has 114 valence electrons. The fraction of sp³-hybridized carbons (Fsp3) is 0.706. The van der Waals surface area contributed by atoms with Crippen LogP contribution >= 0.6 is 0 Å². The number of nitrogens with zero attached hydrogens (tertiary/aromatic N) is 2. The van der Waals surface area contributed by atoms with Crippen molar-refractivity contribution in [3.05, 3.63) is 23.3 Å². The second kappa shape index (κ2) is 5.74. The van der Waals surface area contributed by atoms with Crippen LogP contribution in [0.5, 0.6) is 0 Å². The zero-order valence-corrected chi connectivity index (χ0v) is 13.1. The lowest BCUT2D eigenvalue weighted by Gasteiger charge is -2.21. The van der Waals surface area contributed by atoms with Crippen LogP contribution < -0.4 is 0 Å². The number of fused-ring (bicyclic) bond motifs is 2. The molecule has 4 nitrogen and oxygen atoms in total. The van der Waals surface area contributed by atoms with Crippen molar-refractivity contribution in [2.75, 3.05) is 6.61 Å². The first-order valence-electron chi connectivity index (χ1n) is 8.14. The monoisotopic (exact) mass is 288 g/mol. The summed E-state index contributed by atoms with van der Waals surface area (Å²) >= 11 is 0. The van der Waals surface area contributed by atoms with Crippen molar-refractivity contribution in [3.63, 3.8) is 0 Å². The van der Waals surface area contributed by atoms with Gasteiger partial charge in [-0.25, -0.2) is 14.8 Å². The molecule has 4 heteroatoms. The molecule has 0 N–H and O–H groups in total. The molecule has 2 bridgehead atoms. The topological polar surface area (TPSA) is 52.1 Å². The van der Waals surface area contributed by atoms with E-state index in [0.29, 0.717) is 18.1 Å². The SMILES string of the molecule is CCOC(=O)c1cnc(C2CC3CCC2C3)nc1C(C)C. The first-order valence-corrected chi connectivity index (χ1v) is 8.14. The van der Waals surface area contributed by atoms with Gasteiger partial charge in [-0.3, -0.25) is 0 Å². The molecule has 3 atom stereocenters. The molecule has 3 rings (SSSR count). The Morgan fingerprint density at radius 3 is 2.76 bits per heavy atom. The number of esters is 1. The van der Waals surface area contributed by atoms with Crippen molar-refractivity contribution >= 4 is 5.97 Å². The van der Waals surface area contributed by atoms with E-state index in [4.69, 9.17) is 9.72 Å². The van der Waals surface area contributed by atoms with E-state index in [-0.39, 0.29) is 11.9 Å². The molecule has 2 saturated carbocycles. The Kier molecular flexibility index (Phi) is 3.96. The van der Waals surface area contributed by atoms with Crippen LogP contribution in [-0.2, 0) is 4.74 Å². The van der Waals surface area contributed by atoms with Crippen LogP contribution in [0.2, 0.25) is 0 Å². The smallest absolute Gasteiger partial charge is 0.341 e. The number of carbonyl (C=O) groups excluding carboxylic acids is 1. The second-order valence-electron chi connectivity index (χ2n) is 6.68. The predicted octanol–water partition coefficient (Wildman–Crippen LogP) is 3.68. The Hall–Kier alpha value is -1.45. The Morgan fingerprint density at radius 1 is 1.38 bits per heavy atom. The molecule has 3 unspecified atom stereocenters. The van der Waals surface area contributed by atoms with Gasteiger partial charge in [0.15, 0.2) is 0 Å². The molecule has 0 radical (unpaired) electrons. The maximum Gasteiger partial charge on any atom is 0.341 e. The number of rotatable bonds is 4. The number of hydrogen-bond acceptors (Lipinski definition) is 4. The highest BCUT2D eigenvalue weighted by atomic mass is 16.5. The Bertz CT molecular complexity index is 542. The highest BCUT2D eigenvalue weighted by molar-refractivity contribution is 5.90. The molecule has 0 saturated heterocycles. The molecule has 2 fully saturated rings. The van der Waals surface area contributed by atoms with Crippen molar-refractivity contribution in [1.82, 2.24) is 9.97 Å². The predicted molar refractivity (Wildman–Crippen MR) is 80.3 cm³/mol. The summed E-state index contributed by atoms with van der Waals surface area (Å²) < 4.78 is 5.11. The van der Waals surface area contributed by atoms with Crippen LogP contribution in [0.4, 0.5) is 0 Å². The van der Waals surface area contributed by atoms with Crippen molar-refractivity contribution in [3.8, 4) is 0 Å². The van der Waals surface area contributed by atoms with Gasteiger partial charge in [0.2, 0.25) is 0 Å². The average molecular weight is 288 g/mol. The van der Waals surface area contributed by atoms with Crippen LogP contribution in [0.1, 0.15) is 80.2 Å². The van der Waals surface area contributed by atoms with Gasteiger partial charge in [-0.2, -0.15) is 0 Å². The molecule has 1 aromatic heterocycles. The minimum absolute atomic E-state index is 0.199. The molecule has 0 spiro atoms. The van der Waals surface area contributed by atoms with Crippen molar-refractivity contribution in [2.45, 2.75) is 58.3 Å². The summed E-state index contributed by atoms with van der Waals surface area (Å²) in [6.45, 7) is 6.33. The quantitative estimate of drug-likeness (QED) is 0.793. The highest BCUT2D eigenvalue weighted by Crippen LogP contribution is 2.52. The van der Waals surface area contributed by atoms with Gasteiger partial charge in [0.25, 0.3) is 0 Å². The summed E-state index contributed by atoms with van der Waals surface area (Å²) in [6.07, 6.45) is 6.93. The van der Waals surface area contributed by atoms with Gasteiger partial charge < -0.3 is 4.74 Å². The van der Waals surface area contributed by atoms with Gasteiger partial charge in [0.1, 0.15) is 5.82 Å². The maximum absolute atomic E-state index is 12.0. The minimum Gasteiger partial charge on any atom is -0.462 e. The van der Waals surface area contributed by atoms with E-state index in [1.54, 1.807) is 6.20 Å². The molecule has 0 amide bonds. The molecule has 2 aliphatic carbocycles. The number of aromatic nitrogens is 2. The minimum atomic E-state index is -0.305. The van der Waals surface area contributed by atoms with Gasteiger partial charge >= 0.3 is 5.97 Å². The Labute approximate surface area is 126 Å². The average Bonchev–Trinajstić information content (AvgIpc) is 3.09. The van der Waals surface area contributed by atoms with E-state index in [1.165, 1.54) is 25.7 Å². The van der Waals surface area contributed by atoms with E-state index in [2.05, 4.69) is 18.8 Å². The van der Waals surface area contributed by atoms with Crippen molar-refractivity contribution in [1.29, 1.82) is 0 Å². The van der Waals surface area contributed by atoms with Crippen LogP contribution in [0.25, 0.3) is 0 Å². The molecular formula is C17H24N2O2. The van der Waals surface area contributed by atoms with Gasteiger partial charge in [-0.1, -0.05) is 20.3 Å². The third-order valence-electron chi connectivity index (χ3n) is 4.95.